The van der Waals surface area contributed by atoms with E-state index in [0.29, 0.717) is 0 Å². The van der Waals surface area contributed by atoms with Crippen molar-refractivity contribution < 1.29 is 0 Å². The van der Waals surface area contributed by atoms with Gasteiger partial charge in [0.2, 0.25) is 0 Å². The largest absolute Gasteiger partial charge is 0.314 e. The van der Waals surface area contributed by atoms with Gasteiger partial charge >= 0.3 is 0 Å². The Hall–Kier alpha value is -0.130. The SMILES string of the molecule is CN(Cc1ccc(Cl)s1)CC(C)(C)N1CCNCC1. The summed E-state index contributed by atoms with van der Waals surface area (Å²) in [5, 5.41) is 3.41. The van der Waals surface area contributed by atoms with Gasteiger partial charge in [-0.2, -0.15) is 0 Å². The molecule has 1 aliphatic rings. The van der Waals surface area contributed by atoms with Gasteiger partial charge in [-0.1, -0.05) is 11.6 Å². The lowest BCUT2D eigenvalue weighted by Gasteiger charge is -2.43. The van der Waals surface area contributed by atoms with Crippen LogP contribution in [-0.2, 0) is 6.54 Å². The van der Waals surface area contributed by atoms with E-state index in [1.165, 1.54) is 4.88 Å². The zero-order valence-corrected chi connectivity index (χ0v) is 13.7. The second kappa shape index (κ2) is 6.55. The predicted molar refractivity (Wildman–Crippen MR) is 84.2 cm³/mol. The molecule has 0 amide bonds. The molecular weight excluding hydrogens is 278 g/mol. The van der Waals surface area contributed by atoms with E-state index in [2.05, 4.69) is 42.1 Å². The lowest BCUT2D eigenvalue weighted by molar-refractivity contribution is 0.0696. The third-order valence-electron chi connectivity index (χ3n) is 3.68. The molecule has 1 fully saturated rings. The lowest BCUT2D eigenvalue weighted by atomic mass is 10.0. The fourth-order valence-corrected chi connectivity index (χ4v) is 3.96. The molecule has 3 nitrogen and oxygen atoms in total. The highest BCUT2D eigenvalue weighted by atomic mass is 35.5. The summed E-state index contributed by atoms with van der Waals surface area (Å²) < 4.78 is 0.879. The molecule has 108 valence electrons. The Kier molecular flexibility index (Phi) is 5.26. The van der Waals surface area contributed by atoms with Gasteiger partial charge in [0.15, 0.2) is 0 Å². The Labute approximate surface area is 125 Å². The summed E-state index contributed by atoms with van der Waals surface area (Å²) in [6, 6.07) is 4.11. The fourth-order valence-electron chi connectivity index (χ4n) is 2.79. The van der Waals surface area contributed by atoms with E-state index >= 15 is 0 Å². The molecule has 0 atom stereocenters. The minimum absolute atomic E-state index is 0.220. The topological polar surface area (TPSA) is 18.5 Å². The number of rotatable bonds is 5. The van der Waals surface area contributed by atoms with Crippen LogP contribution >= 0.6 is 22.9 Å². The van der Waals surface area contributed by atoms with Crippen LogP contribution in [0.4, 0.5) is 0 Å². The molecule has 1 saturated heterocycles. The quantitative estimate of drug-likeness (QED) is 0.901. The molecule has 19 heavy (non-hydrogen) atoms. The summed E-state index contributed by atoms with van der Waals surface area (Å²) in [7, 11) is 2.19. The van der Waals surface area contributed by atoms with Crippen LogP contribution in [0.2, 0.25) is 4.34 Å². The van der Waals surface area contributed by atoms with Crippen LogP contribution in [-0.4, -0.2) is 55.1 Å². The van der Waals surface area contributed by atoms with E-state index in [9.17, 15) is 0 Å². The van der Waals surface area contributed by atoms with E-state index in [1.54, 1.807) is 11.3 Å². The van der Waals surface area contributed by atoms with Crippen LogP contribution in [0.1, 0.15) is 18.7 Å². The van der Waals surface area contributed by atoms with Crippen molar-refractivity contribution in [1.29, 1.82) is 0 Å². The summed E-state index contributed by atoms with van der Waals surface area (Å²) >= 11 is 7.66. The van der Waals surface area contributed by atoms with Crippen molar-refractivity contribution in [2.75, 3.05) is 39.8 Å². The van der Waals surface area contributed by atoms with E-state index in [-0.39, 0.29) is 5.54 Å². The van der Waals surface area contributed by atoms with Crippen molar-refractivity contribution in [3.05, 3.63) is 21.3 Å². The monoisotopic (exact) mass is 301 g/mol. The van der Waals surface area contributed by atoms with Gasteiger partial charge in [0, 0.05) is 49.7 Å². The van der Waals surface area contributed by atoms with E-state index in [0.717, 1.165) is 43.6 Å². The van der Waals surface area contributed by atoms with E-state index < -0.39 is 0 Å². The Morgan fingerprint density at radius 1 is 1.37 bits per heavy atom. The maximum atomic E-state index is 5.98. The maximum Gasteiger partial charge on any atom is 0.0931 e. The molecular formula is C14H24ClN3S. The Balaban J connectivity index is 1.87. The van der Waals surface area contributed by atoms with E-state index in [4.69, 9.17) is 11.6 Å². The zero-order chi connectivity index (χ0) is 13.9. The Morgan fingerprint density at radius 2 is 2.05 bits per heavy atom. The lowest BCUT2D eigenvalue weighted by Crippen LogP contribution is -2.57. The van der Waals surface area contributed by atoms with Crippen LogP contribution in [0, 0.1) is 0 Å². The van der Waals surface area contributed by atoms with Crippen LogP contribution in [0.5, 0.6) is 0 Å². The molecule has 2 heterocycles. The van der Waals surface area contributed by atoms with Crippen molar-refractivity contribution in [2.45, 2.75) is 25.9 Å². The average molecular weight is 302 g/mol. The predicted octanol–water partition coefficient (Wildman–Crippen LogP) is 2.52. The van der Waals surface area contributed by atoms with Crippen molar-refractivity contribution in [3.8, 4) is 0 Å². The molecule has 1 aromatic heterocycles. The number of thiophene rings is 1. The molecule has 1 aliphatic heterocycles. The molecule has 5 heteroatoms. The summed E-state index contributed by atoms with van der Waals surface area (Å²) in [5.41, 5.74) is 0.220. The van der Waals surface area contributed by atoms with Crippen LogP contribution < -0.4 is 5.32 Å². The third-order valence-corrected chi connectivity index (χ3v) is 4.90. The van der Waals surface area contributed by atoms with Crippen LogP contribution in [0.3, 0.4) is 0 Å². The van der Waals surface area contributed by atoms with Gasteiger partial charge in [-0.15, -0.1) is 11.3 Å². The van der Waals surface area contributed by atoms with Gasteiger partial charge in [0.1, 0.15) is 0 Å². The third kappa shape index (κ3) is 4.43. The Bertz CT molecular complexity index is 399. The first-order valence-corrected chi connectivity index (χ1v) is 8.05. The number of hydrogen-bond acceptors (Lipinski definition) is 4. The van der Waals surface area contributed by atoms with E-state index in [1.807, 2.05) is 6.07 Å². The minimum Gasteiger partial charge on any atom is -0.314 e. The highest BCUT2D eigenvalue weighted by molar-refractivity contribution is 7.16. The van der Waals surface area contributed by atoms with Crippen LogP contribution in [0.25, 0.3) is 0 Å². The average Bonchev–Trinajstić information content (AvgIpc) is 2.75. The maximum absolute atomic E-state index is 5.98. The first-order valence-electron chi connectivity index (χ1n) is 6.86. The van der Waals surface area contributed by atoms with Gasteiger partial charge in [-0.3, -0.25) is 9.80 Å². The van der Waals surface area contributed by atoms with Gasteiger partial charge < -0.3 is 5.32 Å². The molecule has 2 rings (SSSR count). The summed E-state index contributed by atoms with van der Waals surface area (Å²) in [4.78, 5) is 6.31. The van der Waals surface area contributed by atoms with Crippen molar-refractivity contribution in [3.63, 3.8) is 0 Å². The molecule has 1 aromatic rings. The number of hydrogen-bond donors (Lipinski definition) is 1. The van der Waals surface area contributed by atoms with Gasteiger partial charge in [-0.25, -0.2) is 0 Å². The van der Waals surface area contributed by atoms with Gasteiger partial charge in [-0.05, 0) is 33.0 Å². The molecule has 0 aliphatic carbocycles. The fraction of sp³-hybridized carbons (Fsp3) is 0.714. The smallest absolute Gasteiger partial charge is 0.0931 e. The Morgan fingerprint density at radius 3 is 2.63 bits per heavy atom. The number of piperazine rings is 1. The molecule has 0 bridgehead atoms. The number of nitrogens with one attached hydrogen (secondary N) is 1. The highest BCUT2D eigenvalue weighted by Gasteiger charge is 2.28. The van der Waals surface area contributed by atoms with Gasteiger partial charge in [0.25, 0.3) is 0 Å². The second-order valence-corrected chi connectivity index (χ2v) is 7.73. The minimum atomic E-state index is 0.220. The molecule has 1 N–H and O–H groups in total. The van der Waals surface area contributed by atoms with Crippen LogP contribution in [0.15, 0.2) is 12.1 Å². The molecule has 0 aromatic carbocycles. The summed E-state index contributed by atoms with van der Waals surface area (Å²) in [6.45, 7) is 11.2. The normalized spacial score (nSPS) is 18.2. The van der Waals surface area contributed by atoms with Gasteiger partial charge in [0.05, 0.1) is 4.34 Å². The van der Waals surface area contributed by atoms with Crippen molar-refractivity contribution in [1.82, 2.24) is 15.1 Å². The van der Waals surface area contributed by atoms with Crippen molar-refractivity contribution in [2.24, 2.45) is 0 Å². The highest BCUT2D eigenvalue weighted by Crippen LogP contribution is 2.23. The standard InChI is InChI=1S/C14H24ClN3S/c1-14(2,18-8-6-16-7-9-18)11-17(3)10-12-4-5-13(15)19-12/h4-5,16H,6-11H2,1-3H3. The first-order chi connectivity index (χ1) is 8.97. The summed E-state index contributed by atoms with van der Waals surface area (Å²) in [6.07, 6.45) is 0. The van der Waals surface area contributed by atoms with Crippen molar-refractivity contribution >= 4 is 22.9 Å². The molecule has 0 radical (unpaired) electrons. The number of nitrogens with zero attached hydrogens (tertiary/aromatic N) is 2. The molecule has 0 unspecified atom stereocenters. The zero-order valence-electron chi connectivity index (χ0n) is 12.1. The number of likely N-dealkylation sites (N-methyl/N-ethyl adjacent to an activating group) is 1. The second-order valence-electron chi connectivity index (χ2n) is 5.93. The molecule has 0 saturated carbocycles. The molecule has 0 spiro atoms. The number of halogens is 1. The summed E-state index contributed by atoms with van der Waals surface area (Å²) in [5.74, 6) is 0. The first kappa shape index (κ1) is 15.3.